The smallest absolute Gasteiger partial charge is 0.309 e. The number of ether oxygens (including phenoxy) is 1. The van der Waals surface area contributed by atoms with Gasteiger partial charge in [-0.2, -0.15) is 0 Å². The zero-order valence-electron chi connectivity index (χ0n) is 18.6. The van der Waals surface area contributed by atoms with Crippen LogP contribution in [0.25, 0.3) is 5.82 Å². The van der Waals surface area contributed by atoms with Crippen LogP contribution in [0.15, 0.2) is 54.7 Å². The van der Waals surface area contributed by atoms with Gasteiger partial charge in [-0.15, -0.1) is 0 Å². The Kier molecular flexibility index (Phi) is 7.60. The fourth-order valence-electron chi connectivity index (χ4n) is 3.65. The minimum Gasteiger partial charge on any atom is -0.469 e. The lowest BCUT2D eigenvalue weighted by Gasteiger charge is -2.18. The van der Waals surface area contributed by atoms with Crippen molar-refractivity contribution < 1.29 is 14.6 Å². The monoisotopic (exact) mass is 421 g/mol. The summed E-state index contributed by atoms with van der Waals surface area (Å²) < 4.78 is 6.79. The van der Waals surface area contributed by atoms with E-state index in [0.29, 0.717) is 6.54 Å². The summed E-state index contributed by atoms with van der Waals surface area (Å²) in [4.78, 5) is 15.9. The molecule has 6 nitrogen and oxygen atoms in total. The van der Waals surface area contributed by atoms with Gasteiger partial charge in [-0.25, -0.2) is 4.98 Å². The first-order chi connectivity index (χ1) is 14.9. The molecule has 3 aromatic rings. The van der Waals surface area contributed by atoms with Crippen molar-refractivity contribution in [2.45, 2.75) is 45.8 Å². The highest BCUT2D eigenvalue weighted by Crippen LogP contribution is 2.17. The maximum absolute atomic E-state index is 11.4. The highest BCUT2D eigenvalue weighted by molar-refractivity contribution is 5.72. The average molecular weight is 422 g/mol. The minimum atomic E-state index is -0.627. The number of esters is 1. The van der Waals surface area contributed by atoms with Gasteiger partial charge in [0.05, 0.1) is 19.6 Å². The number of hydrogen-bond acceptors (Lipinski definition) is 5. The van der Waals surface area contributed by atoms with Crippen molar-refractivity contribution in [3.8, 4) is 5.82 Å². The highest BCUT2D eigenvalue weighted by atomic mass is 16.5. The summed E-state index contributed by atoms with van der Waals surface area (Å²) in [6.07, 6.45) is 2.23. The molecule has 2 heterocycles. The van der Waals surface area contributed by atoms with Gasteiger partial charge in [-0.3, -0.25) is 4.79 Å². The van der Waals surface area contributed by atoms with Crippen molar-refractivity contribution in [2.75, 3.05) is 13.7 Å². The van der Waals surface area contributed by atoms with E-state index in [9.17, 15) is 9.90 Å². The van der Waals surface area contributed by atoms with Gasteiger partial charge in [0.2, 0.25) is 0 Å². The third-order valence-electron chi connectivity index (χ3n) is 5.46. The van der Waals surface area contributed by atoms with E-state index < -0.39 is 6.10 Å². The lowest BCUT2D eigenvalue weighted by atomic mass is 10.0. The number of aromatic nitrogens is 2. The molecule has 0 saturated heterocycles. The van der Waals surface area contributed by atoms with Gasteiger partial charge >= 0.3 is 5.97 Å². The number of nitrogens with one attached hydrogen (secondary N) is 1. The lowest BCUT2D eigenvalue weighted by molar-refractivity contribution is -0.139. The predicted octanol–water partition coefficient (Wildman–Crippen LogP) is 3.46. The summed E-state index contributed by atoms with van der Waals surface area (Å²) in [6, 6.07) is 16.2. The Labute approximate surface area is 183 Å². The first-order valence-corrected chi connectivity index (χ1v) is 10.5. The topological polar surface area (TPSA) is 76.4 Å². The molecule has 0 radical (unpaired) electrons. The second-order valence-electron chi connectivity index (χ2n) is 8.00. The Balaban J connectivity index is 1.51. The maximum Gasteiger partial charge on any atom is 0.309 e. The summed E-state index contributed by atoms with van der Waals surface area (Å²) in [5, 5.41) is 13.9. The zero-order chi connectivity index (χ0) is 22.4. The SMILES string of the molecule is COC(=O)Cc1ccc(CC(C)NCC(O)c2ccc(-n3c(C)ccc3C)nc2)cc1. The number of pyridine rings is 1. The number of carbonyl (C=O) groups excluding carboxylic acids is 1. The fourth-order valence-corrected chi connectivity index (χ4v) is 3.65. The minimum absolute atomic E-state index is 0.193. The third-order valence-corrected chi connectivity index (χ3v) is 5.46. The molecule has 0 fully saturated rings. The molecule has 0 amide bonds. The van der Waals surface area contributed by atoms with E-state index in [4.69, 9.17) is 4.74 Å². The van der Waals surface area contributed by atoms with Gasteiger partial charge in [-0.05, 0) is 56.5 Å². The summed E-state index contributed by atoms with van der Waals surface area (Å²) in [5.74, 6) is 0.617. The molecule has 6 heteroatoms. The fraction of sp³-hybridized carbons (Fsp3) is 0.360. The molecular formula is C25H31N3O3. The second kappa shape index (κ2) is 10.4. The van der Waals surface area contributed by atoms with Crippen LogP contribution in [0.4, 0.5) is 0 Å². The molecule has 0 saturated carbocycles. The van der Waals surface area contributed by atoms with Crippen molar-refractivity contribution in [3.05, 3.63) is 82.8 Å². The average Bonchev–Trinajstić information content (AvgIpc) is 3.11. The van der Waals surface area contributed by atoms with E-state index in [-0.39, 0.29) is 18.4 Å². The highest BCUT2D eigenvalue weighted by Gasteiger charge is 2.12. The van der Waals surface area contributed by atoms with Gasteiger partial charge in [0.25, 0.3) is 0 Å². The predicted molar refractivity (Wildman–Crippen MR) is 121 cm³/mol. The number of aliphatic hydroxyl groups excluding tert-OH is 1. The molecule has 2 unspecified atom stereocenters. The molecule has 0 spiro atoms. The number of carbonyl (C=O) groups is 1. The largest absolute Gasteiger partial charge is 0.469 e. The summed E-state index contributed by atoms with van der Waals surface area (Å²) >= 11 is 0. The summed E-state index contributed by atoms with van der Waals surface area (Å²) in [5.41, 5.74) is 5.16. The molecule has 31 heavy (non-hydrogen) atoms. The molecule has 2 atom stereocenters. The lowest BCUT2D eigenvalue weighted by Crippen LogP contribution is -2.32. The molecule has 0 aliphatic heterocycles. The number of methoxy groups -OCH3 is 1. The van der Waals surface area contributed by atoms with E-state index >= 15 is 0 Å². The molecule has 2 N–H and O–H groups in total. The quantitative estimate of drug-likeness (QED) is 0.518. The number of benzene rings is 1. The number of nitrogens with zero attached hydrogens (tertiary/aromatic N) is 2. The molecule has 2 aromatic heterocycles. The molecule has 0 bridgehead atoms. The van der Waals surface area contributed by atoms with Crippen molar-refractivity contribution >= 4 is 5.97 Å². The molecular weight excluding hydrogens is 390 g/mol. The van der Waals surface area contributed by atoms with E-state index in [2.05, 4.69) is 47.8 Å². The number of aryl methyl sites for hydroxylation is 2. The standard InChI is InChI=1S/C25H31N3O3/c1-17(13-20-7-9-21(10-8-20)14-25(30)31-4)26-16-23(29)22-11-12-24(27-15-22)28-18(2)5-6-19(28)3/h5-12,15,17,23,26,29H,13-14,16H2,1-4H3. The van der Waals surface area contributed by atoms with Gasteiger partial charge in [0.15, 0.2) is 0 Å². The first kappa shape index (κ1) is 22.7. The number of aliphatic hydroxyl groups is 1. The number of rotatable bonds is 9. The van der Waals surface area contributed by atoms with Gasteiger partial charge < -0.3 is 19.7 Å². The Morgan fingerprint density at radius 3 is 2.29 bits per heavy atom. The van der Waals surface area contributed by atoms with E-state index in [1.807, 2.05) is 36.4 Å². The van der Waals surface area contributed by atoms with Crippen LogP contribution in [-0.2, 0) is 22.4 Å². The van der Waals surface area contributed by atoms with Gasteiger partial charge in [0.1, 0.15) is 5.82 Å². The summed E-state index contributed by atoms with van der Waals surface area (Å²) in [7, 11) is 1.40. The van der Waals surface area contributed by atoms with Crippen molar-refractivity contribution in [3.63, 3.8) is 0 Å². The Bertz CT molecular complexity index is 974. The van der Waals surface area contributed by atoms with Crippen LogP contribution in [-0.4, -0.2) is 40.3 Å². The second-order valence-corrected chi connectivity index (χ2v) is 8.00. The van der Waals surface area contributed by atoms with Gasteiger partial charge in [-0.1, -0.05) is 30.3 Å². The van der Waals surface area contributed by atoms with E-state index in [0.717, 1.165) is 34.8 Å². The Morgan fingerprint density at radius 1 is 1.06 bits per heavy atom. The van der Waals surface area contributed by atoms with Crippen LogP contribution < -0.4 is 5.32 Å². The van der Waals surface area contributed by atoms with Crippen molar-refractivity contribution in [1.29, 1.82) is 0 Å². The molecule has 164 valence electrons. The maximum atomic E-state index is 11.4. The zero-order valence-corrected chi connectivity index (χ0v) is 18.6. The molecule has 1 aromatic carbocycles. The van der Waals surface area contributed by atoms with Crippen LogP contribution >= 0.6 is 0 Å². The van der Waals surface area contributed by atoms with Crippen LogP contribution in [0.1, 0.15) is 41.1 Å². The first-order valence-electron chi connectivity index (χ1n) is 10.5. The van der Waals surface area contributed by atoms with Crippen LogP contribution in [0.2, 0.25) is 0 Å². The summed E-state index contributed by atoms with van der Waals surface area (Å²) in [6.45, 7) is 6.64. The molecule has 3 rings (SSSR count). The van der Waals surface area contributed by atoms with Crippen molar-refractivity contribution in [2.24, 2.45) is 0 Å². The van der Waals surface area contributed by atoms with Gasteiger partial charge in [0, 0.05) is 35.7 Å². The van der Waals surface area contributed by atoms with Crippen LogP contribution in [0.5, 0.6) is 0 Å². The molecule has 0 aliphatic rings. The van der Waals surface area contributed by atoms with E-state index in [1.54, 1.807) is 6.20 Å². The van der Waals surface area contributed by atoms with E-state index in [1.165, 1.54) is 12.7 Å². The van der Waals surface area contributed by atoms with Crippen LogP contribution in [0, 0.1) is 13.8 Å². The van der Waals surface area contributed by atoms with Crippen molar-refractivity contribution in [1.82, 2.24) is 14.9 Å². The molecule has 0 aliphatic carbocycles. The van der Waals surface area contributed by atoms with Crippen LogP contribution in [0.3, 0.4) is 0 Å². The number of hydrogen-bond donors (Lipinski definition) is 2. The Morgan fingerprint density at radius 2 is 1.71 bits per heavy atom. The Hall–Kier alpha value is -2.96. The normalized spacial score (nSPS) is 13.1. The third kappa shape index (κ3) is 6.03.